The van der Waals surface area contributed by atoms with Crippen molar-refractivity contribution in [1.29, 1.82) is 0 Å². The molecule has 0 spiro atoms. The molecule has 1 unspecified atom stereocenters. The van der Waals surface area contributed by atoms with Gasteiger partial charge < -0.3 is 4.98 Å². The molecule has 4 nitrogen and oxygen atoms in total. The van der Waals surface area contributed by atoms with E-state index in [1.54, 1.807) is 4.68 Å². The molecule has 0 saturated carbocycles. The van der Waals surface area contributed by atoms with E-state index in [1.165, 1.54) is 0 Å². The summed E-state index contributed by atoms with van der Waals surface area (Å²) in [6.07, 6.45) is 1.03. The van der Waals surface area contributed by atoms with Crippen molar-refractivity contribution in [3.05, 3.63) is 40.3 Å². The lowest BCUT2D eigenvalue weighted by Crippen LogP contribution is -2.07. The molecule has 0 saturated heterocycles. The molecule has 98 valence electrons. The Morgan fingerprint density at radius 2 is 2.00 bits per heavy atom. The van der Waals surface area contributed by atoms with Gasteiger partial charge in [-0.1, -0.05) is 32.0 Å². The van der Waals surface area contributed by atoms with Gasteiger partial charge in [0.25, 0.3) is 5.56 Å². The first kappa shape index (κ1) is 12.0. The highest BCUT2D eigenvalue weighted by Crippen LogP contribution is 2.29. The van der Waals surface area contributed by atoms with Crippen molar-refractivity contribution >= 4 is 21.8 Å². The Morgan fingerprint density at radius 1 is 1.32 bits per heavy atom. The number of fused-ring (bicyclic) bond motifs is 3. The zero-order valence-electron chi connectivity index (χ0n) is 11.4. The molecule has 0 aliphatic heterocycles. The fraction of sp³-hybridized carbons (Fsp3) is 0.333. The maximum absolute atomic E-state index is 12.1. The summed E-state index contributed by atoms with van der Waals surface area (Å²) in [5, 5.41) is 7.39. The number of aryl methyl sites for hydroxylation is 1. The molecule has 0 amide bonds. The lowest BCUT2D eigenvalue weighted by atomic mass is 9.99. The normalized spacial score (nSPS) is 13.2. The maximum atomic E-state index is 12.1. The number of rotatable bonds is 2. The van der Waals surface area contributed by atoms with E-state index in [0.717, 1.165) is 33.9 Å². The Kier molecular flexibility index (Phi) is 2.66. The van der Waals surface area contributed by atoms with E-state index >= 15 is 0 Å². The number of nitrogens with zero attached hydrogens (tertiary/aromatic N) is 2. The molecule has 4 heteroatoms. The van der Waals surface area contributed by atoms with Crippen LogP contribution >= 0.6 is 0 Å². The number of H-pyrrole nitrogens is 1. The quantitative estimate of drug-likeness (QED) is 0.765. The zero-order valence-corrected chi connectivity index (χ0v) is 11.4. The highest BCUT2D eigenvalue weighted by molar-refractivity contribution is 6.05. The minimum absolute atomic E-state index is 0.0539. The van der Waals surface area contributed by atoms with Gasteiger partial charge in [-0.25, -0.2) is 0 Å². The van der Waals surface area contributed by atoms with E-state index < -0.39 is 0 Å². The number of benzene rings is 1. The van der Waals surface area contributed by atoms with Crippen LogP contribution in [0, 0.1) is 0 Å². The van der Waals surface area contributed by atoms with Crippen LogP contribution in [-0.4, -0.2) is 14.8 Å². The second-order valence-electron chi connectivity index (χ2n) is 5.04. The first-order valence-corrected chi connectivity index (χ1v) is 6.61. The lowest BCUT2D eigenvalue weighted by Gasteiger charge is -2.06. The van der Waals surface area contributed by atoms with Crippen LogP contribution in [0.4, 0.5) is 0 Å². The van der Waals surface area contributed by atoms with Crippen LogP contribution < -0.4 is 5.56 Å². The van der Waals surface area contributed by atoms with Gasteiger partial charge in [-0.05, 0) is 12.5 Å². The molecule has 0 aliphatic rings. The SMILES string of the molecule is CCC(C)c1nn(C)c2[nH]c(=O)c3ccccc3c12. The molecule has 1 atom stereocenters. The van der Waals surface area contributed by atoms with Crippen molar-refractivity contribution in [2.45, 2.75) is 26.2 Å². The number of hydrogen-bond acceptors (Lipinski definition) is 2. The van der Waals surface area contributed by atoms with Crippen LogP contribution in [0.1, 0.15) is 31.9 Å². The number of aromatic nitrogens is 3. The summed E-state index contributed by atoms with van der Waals surface area (Å²) < 4.78 is 1.77. The van der Waals surface area contributed by atoms with Gasteiger partial charge in [0.2, 0.25) is 0 Å². The summed E-state index contributed by atoms with van der Waals surface area (Å²) in [6, 6.07) is 7.72. The van der Waals surface area contributed by atoms with Gasteiger partial charge in [-0.2, -0.15) is 5.10 Å². The topological polar surface area (TPSA) is 50.7 Å². The van der Waals surface area contributed by atoms with Crippen LogP contribution in [0.25, 0.3) is 21.8 Å². The van der Waals surface area contributed by atoms with Gasteiger partial charge in [-0.15, -0.1) is 0 Å². The Labute approximate surface area is 111 Å². The summed E-state index contributed by atoms with van der Waals surface area (Å²) in [7, 11) is 1.87. The first-order chi connectivity index (χ1) is 9.13. The van der Waals surface area contributed by atoms with Crippen molar-refractivity contribution in [1.82, 2.24) is 14.8 Å². The minimum atomic E-state index is -0.0539. The molecule has 2 heterocycles. The third-order valence-corrected chi connectivity index (χ3v) is 3.83. The molecule has 19 heavy (non-hydrogen) atoms. The predicted molar refractivity (Wildman–Crippen MR) is 77.5 cm³/mol. The van der Waals surface area contributed by atoms with Crippen molar-refractivity contribution < 1.29 is 0 Å². The van der Waals surface area contributed by atoms with Crippen LogP contribution in [-0.2, 0) is 7.05 Å². The predicted octanol–water partition coefficient (Wildman–Crippen LogP) is 2.93. The standard InChI is InChI=1S/C15H17N3O/c1-4-9(2)13-12-10-7-5-6-8-11(10)15(19)16-14(12)18(3)17-13/h5-9H,4H2,1-3H3,(H,16,19). The van der Waals surface area contributed by atoms with E-state index in [1.807, 2.05) is 31.3 Å². The molecule has 0 radical (unpaired) electrons. The molecule has 3 aromatic rings. The van der Waals surface area contributed by atoms with Crippen molar-refractivity contribution in [3.63, 3.8) is 0 Å². The number of aromatic amines is 1. The van der Waals surface area contributed by atoms with Crippen LogP contribution in [0.3, 0.4) is 0 Å². The Hall–Kier alpha value is -2.10. The Morgan fingerprint density at radius 3 is 2.68 bits per heavy atom. The van der Waals surface area contributed by atoms with Gasteiger partial charge in [-0.3, -0.25) is 9.48 Å². The van der Waals surface area contributed by atoms with E-state index in [-0.39, 0.29) is 5.56 Å². The summed E-state index contributed by atoms with van der Waals surface area (Å²) in [6.45, 7) is 4.32. The third-order valence-electron chi connectivity index (χ3n) is 3.83. The fourth-order valence-corrected chi connectivity index (χ4v) is 2.57. The van der Waals surface area contributed by atoms with E-state index in [0.29, 0.717) is 5.92 Å². The highest BCUT2D eigenvalue weighted by Gasteiger charge is 2.17. The van der Waals surface area contributed by atoms with Crippen LogP contribution in [0.15, 0.2) is 29.1 Å². The van der Waals surface area contributed by atoms with Crippen LogP contribution in [0.5, 0.6) is 0 Å². The molecule has 1 N–H and O–H groups in total. The first-order valence-electron chi connectivity index (χ1n) is 6.61. The molecule has 0 bridgehead atoms. The average Bonchev–Trinajstić information content (AvgIpc) is 2.76. The van der Waals surface area contributed by atoms with Gasteiger partial charge >= 0.3 is 0 Å². The molecule has 1 aromatic carbocycles. The van der Waals surface area contributed by atoms with E-state index in [9.17, 15) is 4.79 Å². The molecular weight excluding hydrogens is 238 g/mol. The molecule has 2 aromatic heterocycles. The van der Waals surface area contributed by atoms with Gasteiger partial charge in [0.15, 0.2) is 0 Å². The summed E-state index contributed by atoms with van der Waals surface area (Å²) in [5.41, 5.74) is 1.81. The Bertz CT molecular complexity index is 813. The number of nitrogens with one attached hydrogen (secondary N) is 1. The number of pyridine rings is 1. The molecule has 3 rings (SSSR count). The maximum Gasteiger partial charge on any atom is 0.257 e. The summed E-state index contributed by atoms with van der Waals surface area (Å²) in [4.78, 5) is 15.0. The Balaban J connectivity index is 2.55. The van der Waals surface area contributed by atoms with Gasteiger partial charge in [0.1, 0.15) is 5.65 Å². The smallest absolute Gasteiger partial charge is 0.257 e. The van der Waals surface area contributed by atoms with Crippen molar-refractivity contribution in [2.24, 2.45) is 7.05 Å². The molecule has 0 aliphatic carbocycles. The van der Waals surface area contributed by atoms with Crippen molar-refractivity contribution in [2.75, 3.05) is 0 Å². The number of hydrogen-bond donors (Lipinski definition) is 1. The van der Waals surface area contributed by atoms with Gasteiger partial charge in [0, 0.05) is 29.1 Å². The van der Waals surface area contributed by atoms with E-state index in [4.69, 9.17) is 0 Å². The summed E-state index contributed by atoms with van der Waals surface area (Å²) in [5.74, 6) is 0.373. The molecule has 0 fully saturated rings. The van der Waals surface area contributed by atoms with Gasteiger partial charge in [0.05, 0.1) is 5.69 Å². The second kappa shape index (κ2) is 4.23. The third kappa shape index (κ3) is 1.67. The lowest BCUT2D eigenvalue weighted by molar-refractivity contribution is 0.672. The highest BCUT2D eigenvalue weighted by atomic mass is 16.1. The second-order valence-corrected chi connectivity index (χ2v) is 5.04. The average molecular weight is 255 g/mol. The largest absolute Gasteiger partial charge is 0.306 e. The zero-order chi connectivity index (χ0) is 13.6. The minimum Gasteiger partial charge on any atom is -0.306 e. The van der Waals surface area contributed by atoms with Crippen LogP contribution in [0.2, 0.25) is 0 Å². The monoisotopic (exact) mass is 255 g/mol. The molecular formula is C15H17N3O. The fourth-order valence-electron chi connectivity index (χ4n) is 2.57. The van der Waals surface area contributed by atoms with Crippen molar-refractivity contribution in [3.8, 4) is 0 Å². The van der Waals surface area contributed by atoms with E-state index in [2.05, 4.69) is 23.9 Å². The summed E-state index contributed by atoms with van der Waals surface area (Å²) >= 11 is 0.